The molecule has 0 amide bonds. The van der Waals surface area contributed by atoms with E-state index in [0.29, 0.717) is 0 Å². The van der Waals surface area contributed by atoms with Crippen molar-refractivity contribution >= 4 is 6.08 Å². The molecular weight excluding hydrogens is 114 g/mol. The third kappa shape index (κ3) is 3.92. The lowest BCUT2D eigenvalue weighted by Gasteiger charge is -2.02. The largest absolute Gasteiger partial charge is 0.235 e. The summed E-state index contributed by atoms with van der Waals surface area (Å²) < 4.78 is 0. The van der Waals surface area contributed by atoms with Crippen LogP contribution >= 0.6 is 0 Å². The highest BCUT2D eigenvalue weighted by Gasteiger charge is 1.99. The molecule has 0 saturated heterocycles. The van der Waals surface area contributed by atoms with Crippen LogP contribution in [0.1, 0.15) is 26.2 Å². The van der Waals surface area contributed by atoms with E-state index in [1.807, 2.05) is 6.92 Å². The van der Waals surface area contributed by atoms with Crippen LogP contribution in [0.2, 0.25) is 0 Å². The summed E-state index contributed by atoms with van der Waals surface area (Å²) in [7, 11) is 0. The normalized spacial score (nSPS) is 12.2. The molecule has 1 radical (unpaired) electrons. The van der Waals surface area contributed by atoms with Gasteiger partial charge in [0.1, 0.15) is 0 Å². The molecule has 9 heavy (non-hydrogen) atoms. The maximum absolute atomic E-state index is 9.74. The van der Waals surface area contributed by atoms with Gasteiger partial charge in [0.15, 0.2) is 0 Å². The average molecular weight is 126 g/mol. The summed E-state index contributed by atoms with van der Waals surface area (Å²) in [6.07, 6.45) is 4.19. The van der Waals surface area contributed by atoms with Gasteiger partial charge in [-0.3, -0.25) is 0 Å². The molecule has 2 heteroatoms. The lowest BCUT2D eigenvalue weighted by Crippen LogP contribution is -2.00. The highest BCUT2D eigenvalue weighted by Crippen LogP contribution is 2.03. The second-order valence-electron chi connectivity index (χ2n) is 1.92. The smallest absolute Gasteiger partial charge is 0.211 e. The van der Waals surface area contributed by atoms with Gasteiger partial charge in [0.25, 0.3) is 0 Å². The van der Waals surface area contributed by atoms with Gasteiger partial charge in [-0.05, 0) is 12.8 Å². The number of hydrogen-bond acceptors (Lipinski definition) is 2. The predicted molar refractivity (Wildman–Crippen MR) is 36.8 cm³/mol. The van der Waals surface area contributed by atoms with Crippen molar-refractivity contribution in [2.75, 3.05) is 0 Å². The number of isocyanates is 1. The highest BCUT2D eigenvalue weighted by atomic mass is 16.1. The summed E-state index contributed by atoms with van der Waals surface area (Å²) in [4.78, 5) is 13.3. The molecule has 0 heterocycles. The van der Waals surface area contributed by atoms with E-state index in [1.165, 1.54) is 0 Å². The molecule has 0 N–H and O–H groups in total. The van der Waals surface area contributed by atoms with E-state index < -0.39 is 0 Å². The lowest BCUT2D eigenvalue weighted by molar-refractivity contribution is 0.545. The Kier molecular flexibility index (Phi) is 5.14. The molecule has 0 aliphatic rings. The molecule has 0 aromatic carbocycles. The third-order valence-corrected chi connectivity index (χ3v) is 1.24. The molecule has 0 rings (SSSR count). The van der Waals surface area contributed by atoms with E-state index in [2.05, 4.69) is 11.9 Å². The fourth-order valence-corrected chi connectivity index (χ4v) is 0.670. The van der Waals surface area contributed by atoms with Crippen LogP contribution in [0.4, 0.5) is 0 Å². The number of hydrogen-bond donors (Lipinski definition) is 0. The van der Waals surface area contributed by atoms with Crippen LogP contribution in [0.15, 0.2) is 4.99 Å². The minimum absolute atomic E-state index is 0.153. The number of nitrogens with zero attached hydrogens (tertiary/aromatic N) is 1. The van der Waals surface area contributed by atoms with Gasteiger partial charge in [-0.2, -0.15) is 0 Å². The average Bonchev–Trinajstić information content (AvgIpc) is 1.88. The van der Waals surface area contributed by atoms with Crippen LogP contribution in [0, 0.1) is 6.92 Å². The van der Waals surface area contributed by atoms with Crippen LogP contribution in [-0.2, 0) is 4.79 Å². The standard InChI is InChI=1S/C7H12NO/c1-3-5-7(4-2)8-6-9/h7H,1,3-5H2,2H3. The molecule has 2 nitrogen and oxygen atoms in total. The van der Waals surface area contributed by atoms with E-state index in [-0.39, 0.29) is 6.04 Å². The minimum atomic E-state index is 0.153. The predicted octanol–water partition coefficient (Wildman–Crippen LogP) is 1.72. The molecule has 0 saturated carbocycles. The van der Waals surface area contributed by atoms with Gasteiger partial charge < -0.3 is 0 Å². The maximum Gasteiger partial charge on any atom is 0.235 e. The minimum Gasteiger partial charge on any atom is -0.211 e. The van der Waals surface area contributed by atoms with E-state index in [0.717, 1.165) is 19.3 Å². The summed E-state index contributed by atoms with van der Waals surface area (Å²) in [5.41, 5.74) is 0. The first-order chi connectivity index (χ1) is 4.35. The molecule has 0 spiro atoms. The van der Waals surface area contributed by atoms with Gasteiger partial charge in [-0.15, -0.1) is 0 Å². The monoisotopic (exact) mass is 126 g/mol. The summed E-state index contributed by atoms with van der Waals surface area (Å²) in [5.74, 6) is 0. The quantitative estimate of drug-likeness (QED) is 0.416. The third-order valence-electron chi connectivity index (χ3n) is 1.24. The molecule has 1 atom stereocenters. The van der Waals surface area contributed by atoms with Crippen LogP contribution in [0.5, 0.6) is 0 Å². The van der Waals surface area contributed by atoms with Crippen LogP contribution in [-0.4, -0.2) is 12.1 Å². The summed E-state index contributed by atoms with van der Waals surface area (Å²) in [6.45, 7) is 5.67. The summed E-state index contributed by atoms with van der Waals surface area (Å²) in [6, 6.07) is 0.153. The highest BCUT2D eigenvalue weighted by molar-refractivity contribution is 5.33. The van der Waals surface area contributed by atoms with Crippen molar-refractivity contribution in [1.29, 1.82) is 0 Å². The first-order valence-corrected chi connectivity index (χ1v) is 3.21. The molecule has 0 aromatic heterocycles. The Bertz CT molecular complexity index is 105. The van der Waals surface area contributed by atoms with E-state index in [4.69, 9.17) is 0 Å². The van der Waals surface area contributed by atoms with E-state index in [1.54, 1.807) is 6.08 Å². The Morgan fingerprint density at radius 1 is 1.78 bits per heavy atom. The van der Waals surface area contributed by atoms with Crippen molar-refractivity contribution < 1.29 is 4.79 Å². The van der Waals surface area contributed by atoms with Gasteiger partial charge in [-0.25, -0.2) is 9.79 Å². The Hall–Kier alpha value is -0.620. The second-order valence-corrected chi connectivity index (χ2v) is 1.92. The summed E-state index contributed by atoms with van der Waals surface area (Å²) in [5, 5.41) is 0. The van der Waals surface area contributed by atoms with Gasteiger partial charge in [-0.1, -0.05) is 20.3 Å². The number of rotatable bonds is 4. The molecule has 0 fully saturated rings. The number of carbonyl (C=O) groups excluding carboxylic acids is 1. The van der Waals surface area contributed by atoms with Gasteiger partial charge in [0, 0.05) is 0 Å². The van der Waals surface area contributed by atoms with Gasteiger partial charge in [0.2, 0.25) is 6.08 Å². The van der Waals surface area contributed by atoms with Crippen LogP contribution in [0.3, 0.4) is 0 Å². The first-order valence-electron chi connectivity index (χ1n) is 3.21. The Morgan fingerprint density at radius 2 is 2.44 bits per heavy atom. The van der Waals surface area contributed by atoms with Crippen molar-refractivity contribution in [2.45, 2.75) is 32.2 Å². The molecular formula is C7H12NO. The van der Waals surface area contributed by atoms with Crippen molar-refractivity contribution in [1.82, 2.24) is 0 Å². The zero-order chi connectivity index (χ0) is 7.11. The van der Waals surface area contributed by atoms with Crippen molar-refractivity contribution in [2.24, 2.45) is 4.99 Å². The Morgan fingerprint density at radius 3 is 2.78 bits per heavy atom. The topological polar surface area (TPSA) is 29.4 Å². The van der Waals surface area contributed by atoms with Gasteiger partial charge >= 0.3 is 0 Å². The molecule has 0 aliphatic heterocycles. The van der Waals surface area contributed by atoms with Crippen molar-refractivity contribution in [3.63, 3.8) is 0 Å². The Labute approximate surface area is 56.0 Å². The number of aliphatic imine (C=N–C) groups is 1. The fourth-order valence-electron chi connectivity index (χ4n) is 0.670. The zero-order valence-corrected chi connectivity index (χ0v) is 5.76. The van der Waals surface area contributed by atoms with E-state index in [9.17, 15) is 4.79 Å². The zero-order valence-electron chi connectivity index (χ0n) is 5.76. The molecule has 0 aliphatic carbocycles. The SMILES string of the molecule is [CH2]CCC(CC)N=C=O. The molecule has 0 aromatic rings. The van der Waals surface area contributed by atoms with Crippen LogP contribution < -0.4 is 0 Å². The maximum atomic E-state index is 9.74. The van der Waals surface area contributed by atoms with Gasteiger partial charge in [0.05, 0.1) is 6.04 Å². The lowest BCUT2D eigenvalue weighted by atomic mass is 10.1. The van der Waals surface area contributed by atoms with Crippen molar-refractivity contribution in [3.8, 4) is 0 Å². The summed E-state index contributed by atoms with van der Waals surface area (Å²) >= 11 is 0. The second kappa shape index (κ2) is 5.52. The molecule has 0 bridgehead atoms. The first kappa shape index (κ1) is 8.38. The Balaban J connectivity index is 3.53. The van der Waals surface area contributed by atoms with Crippen LogP contribution in [0.25, 0.3) is 0 Å². The molecule has 1 unspecified atom stereocenters. The molecule has 51 valence electrons. The fraction of sp³-hybridized carbons (Fsp3) is 0.714. The van der Waals surface area contributed by atoms with Crippen molar-refractivity contribution in [3.05, 3.63) is 6.92 Å². The van der Waals surface area contributed by atoms with E-state index >= 15 is 0 Å².